The molecule has 0 bridgehead atoms. The molecule has 12 heavy (non-hydrogen) atoms. The van der Waals surface area contributed by atoms with E-state index in [4.69, 9.17) is 0 Å². The molecule has 2 rings (SSSR count). The third kappa shape index (κ3) is 2.01. The summed E-state index contributed by atoms with van der Waals surface area (Å²) in [4.78, 5) is 0. The standard InChI is InChI=1S/C11H21N/c1-2-9-5-3-4-6-11(9)12-10-7-8-10/h9-12H,2-8H2,1H3/t9-,11+/m1/s1. The van der Waals surface area contributed by atoms with Crippen molar-refractivity contribution in [3.63, 3.8) is 0 Å². The van der Waals surface area contributed by atoms with E-state index in [1.165, 1.54) is 44.9 Å². The summed E-state index contributed by atoms with van der Waals surface area (Å²) in [6.45, 7) is 2.34. The van der Waals surface area contributed by atoms with Crippen molar-refractivity contribution in [3.8, 4) is 0 Å². The van der Waals surface area contributed by atoms with Crippen molar-refractivity contribution in [2.24, 2.45) is 5.92 Å². The van der Waals surface area contributed by atoms with Gasteiger partial charge in [-0.2, -0.15) is 0 Å². The lowest BCUT2D eigenvalue weighted by atomic mass is 9.83. The van der Waals surface area contributed by atoms with Gasteiger partial charge in [-0.1, -0.05) is 26.2 Å². The average Bonchev–Trinajstić information content (AvgIpc) is 2.89. The van der Waals surface area contributed by atoms with Gasteiger partial charge in [0.2, 0.25) is 0 Å². The number of rotatable bonds is 3. The van der Waals surface area contributed by atoms with E-state index in [1.807, 2.05) is 0 Å². The van der Waals surface area contributed by atoms with E-state index < -0.39 is 0 Å². The van der Waals surface area contributed by atoms with Gasteiger partial charge in [-0.15, -0.1) is 0 Å². The number of hydrogen-bond acceptors (Lipinski definition) is 1. The van der Waals surface area contributed by atoms with E-state index in [0.717, 1.165) is 18.0 Å². The third-order valence-electron chi connectivity index (χ3n) is 3.46. The molecule has 1 N–H and O–H groups in total. The Morgan fingerprint density at radius 1 is 1.08 bits per heavy atom. The maximum Gasteiger partial charge on any atom is 0.00978 e. The molecule has 0 spiro atoms. The van der Waals surface area contributed by atoms with Crippen LogP contribution < -0.4 is 5.32 Å². The van der Waals surface area contributed by atoms with Crippen LogP contribution in [0.2, 0.25) is 0 Å². The first-order valence-corrected chi connectivity index (χ1v) is 5.66. The molecule has 0 unspecified atom stereocenters. The lowest BCUT2D eigenvalue weighted by Gasteiger charge is -2.31. The molecule has 0 aromatic heterocycles. The predicted octanol–water partition coefficient (Wildman–Crippen LogP) is 2.71. The largest absolute Gasteiger partial charge is 0.311 e. The van der Waals surface area contributed by atoms with E-state index in [2.05, 4.69) is 12.2 Å². The second-order valence-electron chi connectivity index (χ2n) is 4.50. The summed E-state index contributed by atoms with van der Waals surface area (Å²) in [5.41, 5.74) is 0. The Balaban J connectivity index is 1.81. The molecule has 1 heteroatoms. The minimum Gasteiger partial charge on any atom is -0.311 e. The highest BCUT2D eigenvalue weighted by atomic mass is 15.0. The maximum absolute atomic E-state index is 3.79. The molecule has 0 aromatic rings. The van der Waals surface area contributed by atoms with Crippen molar-refractivity contribution in [2.75, 3.05) is 0 Å². The van der Waals surface area contributed by atoms with Crippen molar-refractivity contribution >= 4 is 0 Å². The van der Waals surface area contributed by atoms with Crippen LogP contribution in [0.5, 0.6) is 0 Å². The monoisotopic (exact) mass is 167 g/mol. The zero-order valence-electron chi connectivity index (χ0n) is 8.18. The molecule has 2 atom stereocenters. The fourth-order valence-corrected chi connectivity index (χ4v) is 2.47. The highest BCUT2D eigenvalue weighted by Gasteiger charge is 2.29. The molecule has 2 fully saturated rings. The third-order valence-corrected chi connectivity index (χ3v) is 3.46. The first-order valence-electron chi connectivity index (χ1n) is 5.66. The Bertz CT molecular complexity index is 140. The molecule has 2 aliphatic rings. The number of hydrogen-bond donors (Lipinski definition) is 1. The van der Waals surface area contributed by atoms with Crippen LogP contribution in [0.3, 0.4) is 0 Å². The van der Waals surface area contributed by atoms with Gasteiger partial charge in [0.25, 0.3) is 0 Å². The van der Waals surface area contributed by atoms with Gasteiger partial charge in [0.15, 0.2) is 0 Å². The average molecular weight is 167 g/mol. The summed E-state index contributed by atoms with van der Waals surface area (Å²) in [7, 11) is 0. The first-order chi connectivity index (χ1) is 5.90. The molecule has 0 aliphatic heterocycles. The van der Waals surface area contributed by atoms with E-state index >= 15 is 0 Å². The van der Waals surface area contributed by atoms with Gasteiger partial charge in [0.1, 0.15) is 0 Å². The summed E-state index contributed by atoms with van der Waals surface area (Å²) in [5.74, 6) is 0.986. The van der Waals surface area contributed by atoms with Crippen LogP contribution in [-0.4, -0.2) is 12.1 Å². The highest BCUT2D eigenvalue weighted by Crippen LogP contribution is 2.30. The Morgan fingerprint density at radius 3 is 2.50 bits per heavy atom. The van der Waals surface area contributed by atoms with Gasteiger partial charge in [0.05, 0.1) is 0 Å². The lowest BCUT2D eigenvalue weighted by molar-refractivity contribution is 0.254. The van der Waals surface area contributed by atoms with E-state index in [9.17, 15) is 0 Å². The van der Waals surface area contributed by atoms with Gasteiger partial charge >= 0.3 is 0 Å². The Kier molecular flexibility index (Phi) is 2.69. The zero-order valence-corrected chi connectivity index (χ0v) is 8.18. The van der Waals surface area contributed by atoms with Crippen molar-refractivity contribution in [1.82, 2.24) is 5.32 Å². The number of nitrogens with one attached hydrogen (secondary N) is 1. The van der Waals surface area contributed by atoms with E-state index in [-0.39, 0.29) is 0 Å². The molecule has 0 amide bonds. The Labute approximate surface area is 75.9 Å². The van der Waals surface area contributed by atoms with E-state index in [1.54, 1.807) is 0 Å². The predicted molar refractivity (Wildman–Crippen MR) is 52.2 cm³/mol. The molecule has 0 aromatic carbocycles. The Morgan fingerprint density at radius 2 is 1.83 bits per heavy atom. The summed E-state index contributed by atoms with van der Waals surface area (Å²) < 4.78 is 0. The first kappa shape index (κ1) is 8.55. The fraction of sp³-hybridized carbons (Fsp3) is 1.00. The van der Waals surface area contributed by atoms with Crippen molar-refractivity contribution < 1.29 is 0 Å². The van der Waals surface area contributed by atoms with Crippen LogP contribution in [0.1, 0.15) is 51.9 Å². The van der Waals surface area contributed by atoms with Crippen LogP contribution in [0, 0.1) is 5.92 Å². The van der Waals surface area contributed by atoms with Gasteiger partial charge in [-0.05, 0) is 31.6 Å². The maximum atomic E-state index is 3.79. The second-order valence-corrected chi connectivity index (χ2v) is 4.50. The Hall–Kier alpha value is -0.0400. The fourth-order valence-electron chi connectivity index (χ4n) is 2.47. The van der Waals surface area contributed by atoms with Crippen LogP contribution >= 0.6 is 0 Å². The van der Waals surface area contributed by atoms with Crippen molar-refractivity contribution in [2.45, 2.75) is 64.0 Å². The lowest BCUT2D eigenvalue weighted by Crippen LogP contribution is -2.39. The van der Waals surface area contributed by atoms with Crippen molar-refractivity contribution in [3.05, 3.63) is 0 Å². The van der Waals surface area contributed by atoms with E-state index in [0.29, 0.717) is 0 Å². The van der Waals surface area contributed by atoms with Crippen LogP contribution in [-0.2, 0) is 0 Å². The van der Waals surface area contributed by atoms with Crippen LogP contribution in [0.4, 0.5) is 0 Å². The SMILES string of the molecule is CC[C@@H]1CCCC[C@@H]1NC1CC1. The highest BCUT2D eigenvalue weighted by molar-refractivity contribution is 4.89. The van der Waals surface area contributed by atoms with Crippen LogP contribution in [0.15, 0.2) is 0 Å². The summed E-state index contributed by atoms with van der Waals surface area (Å²) in [5, 5.41) is 3.79. The zero-order chi connectivity index (χ0) is 8.39. The molecular formula is C11H21N. The molecule has 2 aliphatic carbocycles. The molecule has 0 saturated heterocycles. The minimum atomic E-state index is 0.872. The van der Waals surface area contributed by atoms with Gasteiger partial charge in [0, 0.05) is 12.1 Å². The van der Waals surface area contributed by atoms with Gasteiger partial charge in [-0.3, -0.25) is 0 Å². The normalized spacial score (nSPS) is 36.8. The summed E-state index contributed by atoms with van der Waals surface area (Å²) in [6.07, 6.45) is 10.1. The topological polar surface area (TPSA) is 12.0 Å². The smallest absolute Gasteiger partial charge is 0.00978 e. The molecule has 70 valence electrons. The molecule has 1 nitrogen and oxygen atoms in total. The second kappa shape index (κ2) is 3.78. The molecular weight excluding hydrogens is 146 g/mol. The molecule has 0 heterocycles. The minimum absolute atomic E-state index is 0.872. The molecule has 2 saturated carbocycles. The summed E-state index contributed by atoms with van der Waals surface area (Å²) in [6, 6.07) is 1.78. The van der Waals surface area contributed by atoms with Crippen molar-refractivity contribution in [1.29, 1.82) is 0 Å². The summed E-state index contributed by atoms with van der Waals surface area (Å²) >= 11 is 0. The quantitative estimate of drug-likeness (QED) is 0.681. The van der Waals surface area contributed by atoms with Gasteiger partial charge < -0.3 is 5.32 Å². The molecule has 0 radical (unpaired) electrons. The van der Waals surface area contributed by atoms with Gasteiger partial charge in [-0.25, -0.2) is 0 Å². The van der Waals surface area contributed by atoms with Crippen LogP contribution in [0.25, 0.3) is 0 Å².